The van der Waals surface area contributed by atoms with Crippen LogP contribution in [0.3, 0.4) is 0 Å². The van der Waals surface area contributed by atoms with Gasteiger partial charge in [-0.3, -0.25) is 0 Å². The van der Waals surface area contributed by atoms with E-state index < -0.39 is 0 Å². The molecule has 0 N–H and O–H groups in total. The van der Waals surface area contributed by atoms with Crippen molar-refractivity contribution in [3.8, 4) is 23.6 Å². The molecule has 0 fully saturated rings. The van der Waals surface area contributed by atoms with Crippen LogP contribution in [0.5, 0.6) is 11.5 Å². The van der Waals surface area contributed by atoms with Gasteiger partial charge < -0.3 is 14.2 Å². The van der Waals surface area contributed by atoms with Gasteiger partial charge in [0, 0.05) is 10.8 Å². The van der Waals surface area contributed by atoms with Gasteiger partial charge in [-0.15, -0.1) is 0 Å². The van der Waals surface area contributed by atoms with E-state index in [-0.39, 0.29) is 0 Å². The number of aromatic nitrogens is 2. The Labute approximate surface area is 179 Å². The van der Waals surface area contributed by atoms with Crippen LogP contribution in [0.2, 0.25) is 0 Å². The number of para-hydroxylation sites is 2. The summed E-state index contributed by atoms with van der Waals surface area (Å²) in [7, 11) is 0. The lowest BCUT2D eigenvalue weighted by molar-refractivity contribution is 0.0770. The number of pyridine rings is 2. The second-order valence-corrected chi connectivity index (χ2v) is 6.58. The van der Waals surface area contributed by atoms with E-state index in [9.17, 15) is 0 Å². The van der Waals surface area contributed by atoms with Crippen molar-refractivity contribution >= 4 is 21.8 Å². The van der Waals surface area contributed by atoms with Gasteiger partial charge in [0.1, 0.15) is 59.3 Å². The van der Waals surface area contributed by atoms with E-state index in [1.165, 1.54) is 0 Å². The molecule has 4 rings (SSSR count). The lowest BCUT2D eigenvalue weighted by atomic mass is 10.2. The standard InChI is InChI=1S/C24H18N4O3/c25-15-19-9-7-17-3-1-5-21(23(17)27-19)30-13-11-29-12-14-31-22-6-2-4-18-8-10-20(16-26)28-24(18)22/h1-10H,11-14H2. The van der Waals surface area contributed by atoms with E-state index >= 15 is 0 Å². The molecule has 0 radical (unpaired) electrons. The van der Waals surface area contributed by atoms with Crippen LogP contribution in [0.1, 0.15) is 11.4 Å². The molecule has 0 unspecified atom stereocenters. The maximum atomic E-state index is 9.05. The van der Waals surface area contributed by atoms with Crippen molar-refractivity contribution < 1.29 is 14.2 Å². The molecule has 152 valence electrons. The summed E-state index contributed by atoms with van der Waals surface area (Å²) in [4.78, 5) is 8.64. The predicted octanol–water partition coefficient (Wildman–Crippen LogP) is 4.00. The Morgan fingerprint density at radius 3 is 1.55 bits per heavy atom. The molecule has 0 aliphatic heterocycles. The minimum Gasteiger partial charge on any atom is -0.489 e. The number of hydrogen-bond donors (Lipinski definition) is 0. The van der Waals surface area contributed by atoms with E-state index in [2.05, 4.69) is 9.97 Å². The number of benzene rings is 2. The Hall–Kier alpha value is -4.20. The Balaban J connectivity index is 1.27. The van der Waals surface area contributed by atoms with Crippen molar-refractivity contribution in [3.63, 3.8) is 0 Å². The molecule has 7 nitrogen and oxygen atoms in total. The zero-order valence-corrected chi connectivity index (χ0v) is 16.6. The minimum atomic E-state index is 0.346. The molecule has 0 bridgehead atoms. The Morgan fingerprint density at radius 1 is 0.613 bits per heavy atom. The summed E-state index contributed by atoms with van der Waals surface area (Å²) in [5.74, 6) is 1.23. The smallest absolute Gasteiger partial charge is 0.145 e. The third kappa shape index (κ3) is 4.69. The maximum Gasteiger partial charge on any atom is 0.145 e. The third-order valence-corrected chi connectivity index (χ3v) is 4.57. The summed E-state index contributed by atoms with van der Waals surface area (Å²) in [5.41, 5.74) is 2.01. The van der Waals surface area contributed by atoms with Gasteiger partial charge in [0.15, 0.2) is 0 Å². The Bertz CT molecular complexity index is 1210. The first kappa shape index (κ1) is 20.1. The summed E-state index contributed by atoms with van der Waals surface area (Å²) in [6.45, 7) is 1.45. The summed E-state index contributed by atoms with van der Waals surface area (Å²) in [5, 5.41) is 19.9. The van der Waals surface area contributed by atoms with Crippen molar-refractivity contribution in [1.29, 1.82) is 10.5 Å². The van der Waals surface area contributed by atoms with Crippen LogP contribution >= 0.6 is 0 Å². The molecule has 0 aliphatic carbocycles. The highest BCUT2D eigenvalue weighted by Gasteiger charge is 2.06. The first-order valence-corrected chi connectivity index (χ1v) is 9.71. The number of fused-ring (bicyclic) bond motifs is 2. The van der Waals surface area contributed by atoms with E-state index in [0.29, 0.717) is 60.3 Å². The SMILES string of the molecule is N#Cc1ccc2cccc(OCCOCCOc3cccc4ccc(C#N)nc34)c2n1. The molecular formula is C24H18N4O3. The number of nitrogens with zero attached hydrogens (tertiary/aromatic N) is 4. The number of rotatable bonds is 8. The van der Waals surface area contributed by atoms with Crippen LogP contribution in [0, 0.1) is 22.7 Å². The summed E-state index contributed by atoms with van der Waals surface area (Å²) < 4.78 is 17.2. The fourth-order valence-electron chi connectivity index (χ4n) is 3.12. The average Bonchev–Trinajstić information content (AvgIpc) is 2.82. The monoisotopic (exact) mass is 410 g/mol. The molecule has 0 spiro atoms. The zero-order chi connectivity index (χ0) is 21.5. The molecule has 7 heteroatoms. The summed E-state index contributed by atoms with van der Waals surface area (Å²) >= 11 is 0. The van der Waals surface area contributed by atoms with Crippen molar-refractivity contribution in [1.82, 2.24) is 9.97 Å². The number of nitriles is 2. The quantitative estimate of drug-likeness (QED) is 0.405. The van der Waals surface area contributed by atoms with E-state index in [4.69, 9.17) is 24.7 Å². The largest absolute Gasteiger partial charge is 0.489 e. The normalized spacial score (nSPS) is 10.5. The van der Waals surface area contributed by atoms with Gasteiger partial charge in [0.2, 0.25) is 0 Å². The highest BCUT2D eigenvalue weighted by atomic mass is 16.5. The first-order valence-electron chi connectivity index (χ1n) is 9.71. The first-order chi connectivity index (χ1) is 15.3. The van der Waals surface area contributed by atoms with Crippen LogP contribution < -0.4 is 9.47 Å². The van der Waals surface area contributed by atoms with Crippen molar-refractivity contribution in [2.45, 2.75) is 0 Å². The van der Waals surface area contributed by atoms with Gasteiger partial charge >= 0.3 is 0 Å². The molecule has 2 aromatic carbocycles. The number of hydrogen-bond acceptors (Lipinski definition) is 7. The molecule has 2 heterocycles. The highest BCUT2D eigenvalue weighted by molar-refractivity contribution is 5.85. The second-order valence-electron chi connectivity index (χ2n) is 6.58. The molecule has 0 atom stereocenters. The fourth-order valence-corrected chi connectivity index (χ4v) is 3.12. The fraction of sp³-hybridized carbons (Fsp3) is 0.167. The second kappa shape index (κ2) is 9.53. The zero-order valence-electron chi connectivity index (χ0n) is 16.6. The molecule has 4 aromatic rings. The molecule has 0 amide bonds. The number of ether oxygens (including phenoxy) is 3. The van der Waals surface area contributed by atoms with Crippen LogP contribution in [-0.4, -0.2) is 36.4 Å². The van der Waals surface area contributed by atoms with Crippen LogP contribution in [-0.2, 0) is 4.74 Å². The summed E-state index contributed by atoms with van der Waals surface area (Å²) in [6, 6.07) is 22.4. The van der Waals surface area contributed by atoms with Crippen LogP contribution in [0.15, 0.2) is 60.7 Å². The Kier molecular flexibility index (Phi) is 6.18. The molecular weight excluding hydrogens is 392 g/mol. The third-order valence-electron chi connectivity index (χ3n) is 4.57. The van der Waals surface area contributed by atoms with Gasteiger partial charge in [-0.1, -0.05) is 24.3 Å². The molecule has 0 aliphatic rings. The molecule has 0 saturated heterocycles. The van der Waals surface area contributed by atoms with Gasteiger partial charge in [-0.05, 0) is 36.4 Å². The van der Waals surface area contributed by atoms with Gasteiger partial charge in [-0.2, -0.15) is 10.5 Å². The van der Waals surface area contributed by atoms with Crippen molar-refractivity contribution in [2.75, 3.05) is 26.4 Å². The van der Waals surface area contributed by atoms with Crippen LogP contribution in [0.25, 0.3) is 21.8 Å². The van der Waals surface area contributed by atoms with Gasteiger partial charge in [0.25, 0.3) is 0 Å². The van der Waals surface area contributed by atoms with Crippen molar-refractivity contribution in [3.05, 3.63) is 72.1 Å². The summed E-state index contributed by atoms with van der Waals surface area (Å²) in [6.07, 6.45) is 0. The predicted molar refractivity (Wildman–Crippen MR) is 115 cm³/mol. The van der Waals surface area contributed by atoms with E-state index in [1.807, 2.05) is 60.7 Å². The van der Waals surface area contributed by atoms with Gasteiger partial charge in [-0.25, -0.2) is 9.97 Å². The van der Waals surface area contributed by atoms with Crippen LogP contribution in [0.4, 0.5) is 0 Å². The Morgan fingerprint density at radius 2 is 1.10 bits per heavy atom. The van der Waals surface area contributed by atoms with E-state index in [0.717, 1.165) is 10.8 Å². The maximum absolute atomic E-state index is 9.05. The van der Waals surface area contributed by atoms with Crippen molar-refractivity contribution in [2.24, 2.45) is 0 Å². The molecule has 0 saturated carbocycles. The lowest BCUT2D eigenvalue weighted by Gasteiger charge is -2.11. The highest BCUT2D eigenvalue weighted by Crippen LogP contribution is 2.25. The minimum absolute atomic E-state index is 0.346. The molecule has 31 heavy (non-hydrogen) atoms. The van der Waals surface area contributed by atoms with E-state index in [1.54, 1.807) is 12.1 Å². The lowest BCUT2D eigenvalue weighted by Crippen LogP contribution is -2.12. The molecule has 2 aromatic heterocycles. The average molecular weight is 410 g/mol. The topological polar surface area (TPSA) is 101 Å². The van der Waals surface area contributed by atoms with Gasteiger partial charge in [0.05, 0.1) is 13.2 Å².